The maximum Gasteiger partial charge on any atom is 0.143 e. The summed E-state index contributed by atoms with van der Waals surface area (Å²) in [7, 11) is 0. The molecule has 0 aliphatic heterocycles. The Morgan fingerprint density at radius 3 is 1.32 bits per heavy atom. The summed E-state index contributed by atoms with van der Waals surface area (Å²) in [6.07, 6.45) is 0. The van der Waals surface area contributed by atoms with Gasteiger partial charge in [0.15, 0.2) is 0 Å². The van der Waals surface area contributed by atoms with Crippen molar-refractivity contribution in [2.75, 3.05) is 0 Å². The molecule has 1 aromatic heterocycles. The van der Waals surface area contributed by atoms with Crippen LogP contribution in [0.3, 0.4) is 0 Å². The Morgan fingerprint density at radius 2 is 0.750 bits per heavy atom. The van der Waals surface area contributed by atoms with E-state index in [1.54, 1.807) is 0 Å². The molecule has 0 fully saturated rings. The molecule has 0 amide bonds. The highest BCUT2D eigenvalue weighted by Gasteiger charge is 2.45. The van der Waals surface area contributed by atoms with Gasteiger partial charge in [0.2, 0.25) is 0 Å². The molecule has 0 bridgehead atoms. The Balaban J connectivity index is 1.24. The van der Waals surface area contributed by atoms with E-state index in [2.05, 4.69) is 170 Å². The topological polar surface area (TPSA) is 13.1 Å². The van der Waals surface area contributed by atoms with Crippen LogP contribution in [0.1, 0.15) is 22.3 Å². The number of rotatable bonds is 4. The van der Waals surface area contributed by atoms with E-state index >= 15 is 0 Å². The number of furan rings is 1. The van der Waals surface area contributed by atoms with Crippen molar-refractivity contribution in [3.05, 3.63) is 192 Å². The Hall–Kier alpha value is -5.66. The molecular weight excluding hydrogens is 532 g/mol. The average Bonchev–Trinajstić information content (AvgIpc) is 3.64. The van der Waals surface area contributed by atoms with Gasteiger partial charge in [0, 0.05) is 21.9 Å². The molecule has 0 saturated carbocycles. The van der Waals surface area contributed by atoms with Gasteiger partial charge >= 0.3 is 0 Å². The van der Waals surface area contributed by atoms with Gasteiger partial charge in [-0.3, -0.25) is 0 Å². The van der Waals surface area contributed by atoms with E-state index in [0.717, 1.165) is 44.2 Å². The van der Waals surface area contributed by atoms with E-state index in [4.69, 9.17) is 4.42 Å². The summed E-state index contributed by atoms with van der Waals surface area (Å²) in [5.74, 6) is 0. The van der Waals surface area contributed by atoms with Crippen molar-refractivity contribution in [2.24, 2.45) is 0 Å². The molecule has 1 nitrogen and oxygen atoms in total. The van der Waals surface area contributed by atoms with Crippen molar-refractivity contribution in [1.29, 1.82) is 0 Å². The van der Waals surface area contributed by atoms with Crippen molar-refractivity contribution < 1.29 is 4.42 Å². The van der Waals surface area contributed by atoms with Crippen molar-refractivity contribution in [2.45, 2.75) is 5.41 Å². The number of hydrogen-bond acceptors (Lipinski definition) is 1. The lowest BCUT2D eigenvalue weighted by Gasteiger charge is -2.34. The van der Waals surface area contributed by atoms with Gasteiger partial charge in [0.1, 0.15) is 11.2 Å². The Kier molecular flexibility index (Phi) is 5.48. The van der Waals surface area contributed by atoms with Gasteiger partial charge in [-0.15, -0.1) is 0 Å². The number of benzene rings is 7. The third kappa shape index (κ3) is 3.47. The predicted octanol–water partition coefficient (Wildman–Crippen LogP) is 11.3. The van der Waals surface area contributed by atoms with E-state index in [0.29, 0.717) is 0 Å². The molecule has 0 unspecified atom stereocenters. The van der Waals surface area contributed by atoms with Crippen LogP contribution in [0.15, 0.2) is 174 Å². The maximum absolute atomic E-state index is 6.74. The first kappa shape index (κ1) is 24.9. The van der Waals surface area contributed by atoms with Gasteiger partial charge in [0.25, 0.3) is 0 Å². The molecule has 1 heterocycles. The lowest BCUT2D eigenvalue weighted by atomic mass is 9.67. The summed E-state index contributed by atoms with van der Waals surface area (Å²) in [5, 5.41) is 2.28. The second kappa shape index (κ2) is 9.69. The summed E-state index contributed by atoms with van der Waals surface area (Å²) >= 11 is 0. The second-order valence-corrected chi connectivity index (χ2v) is 11.6. The molecule has 1 aliphatic carbocycles. The molecule has 7 aromatic carbocycles. The quantitative estimate of drug-likeness (QED) is 0.209. The van der Waals surface area contributed by atoms with Gasteiger partial charge < -0.3 is 4.42 Å². The lowest BCUT2D eigenvalue weighted by molar-refractivity contribution is 0.671. The molecule has 0 spiro atoms. The van der Waals surface area contributed by atoms with Crippen molar-refractivity contribution in [1.82, 2.24) is 0 Å². The first-order valence-electron chi connectivity index (χ1n) is 15.2. The highest BCUT2D eigenvalue weighted by Crippen LogP contribution is 2.56. The lowest BCUT2D eigenvalue weighted by Crippen LogP contribution is -2.28. The molecule has 9 rings (SSSR count). The van der Waals surface area contributed by atoms with Crippen LogP contribution in [0, 0.1) is 0 Å². The zero-order chi connectivity index (χ0) is 29.1. The van der Waals surface area contributed by atoms with Crippen molar-refractivity contribution in [3.63, 3.8) is 0 Å². The van der Waals surface area contributed by atoms with Crippen LogP contribution in [0.4, 0.5) is 0 Å². The minimum atomic E-state index is -0.400. The van der Waals surface area contributed by atoms with Gasteiger partial charge in [-0.2, -0.15) is 0 Å². The first-order valence-corrected chi connectivity index (χ1v) is 15.2. The monoisotopic (exact) mass is 560 g/mol. The minimum absolute atomic E-state index is 0.400. The highest BCUT2D eigenvalue weighted by atomic mass is 16.3. The Morgan fingerprint density at radius 1 is 0.318 bits per heavy atom. The first-order chi connectivity index (χ1) is 21.8. The average molecular weight is 561 g/mol. The molecule has 0 N–H and O–H groups in total. The van der Waals surface area contributed by atoms with Gasteiger partial charge in [-0.05, 0) is 44.5 Å². The fourth-order valence-electron chi connectivity index (χ4n) is 7.50. The fraction of sp³-hybridized carbons (Fsp3) is 0.0233. The van der Waals surface area contributed by atoms with E-state index in [-0.39, 0.29) is 0 Å². The van der Waals surface area contributed by atoms with Crippen LogP contribution in [0.5, 0.6) is 0 Å². The predicted molar refractivity (Wildman–Crippen MR) is 182 cm³/mol. The molecular formula is C43H28O. The van der Waals surface area contributed by atoms with Gasteiger partial charge in [0.05, 0.1) is 5.41 Å². The normalized spacial score (nSPS) is 13.2. The number of para-hydroxylation sites is 2. The number of fused-ring (bicyclic) bond motifs is 6. The minimum Gasteiger partial charge on any atom is -0.455 e. The van der Waals surface area contributed by atoms with E-state index < -0.39 is 5.41 Å². The third-order valence-electron chi connectivity index (χ3n) is 9.40. The van der Waals surface area contributed by atoms with E-state index in [1.807, 2.05) is 0 Å². The molecule has 0 atom stereocenters. The standard InChI is InChI=1S/C43H28O/c1-3-13-29(14-4-1)33-19-11-21-37-38-22-12-20-34(42(38)44-41(33)37)30-25-27-32(28-26-30)43(31-15-5-2-6-16-31)39-23-9-7-17-35(39)36-18-8-10-24-40(36)43/h1-28H. The van der Waals surface area contributed by atoms with Crippen LogP contribution >= 0.6 is 0 Å². The Labute approximate surface area is 256 Å². The summed E-state index contributed by atoms with van der Waals surface area (Å²) in [6, 6.07) is 61.3. The zero-order valence-corrected chi connectivity index (χ0v) is 24.1. The molecule has 1 heteroatoms. The summed E-state index contributed by atoms with van der Waals surface area (Å²) in [5.41, 5.74) is 13.8. The SMILES string of the molecule is c1ccc(-c2cccc3c2oc2c(-c4ccc(C5(c6ccccc6)c6ccccc6-c6ccccc65)cc4)cccc23)cc1. The summed E-state index contributed by atoms with van der Waals surface area (Å²) in [6.45, 7) is 0. The molecule has 44 heavy (non-hydrogen) atoms. The Bertz CT molecular complexity index is 2260. The summed E-state index contributed by atoms with van der Waals surface area (Å²) < 4.78 is 6.74. The molecule has 8 aromatic rings. The molecule has 0 radical (unpaired) electrons. The van der Waals surface area contributed by atoms with Crippen LogP contribution in [0.2, 0.25) is 0 Å². The largest absolute Gasteiger partial charge is 0.455 e. The highest BCUT2D eigenvalue weighted by molar-refractivity contribution is 6.13. The smallest absolute Gasteiger partial charge is 0.143 e. The summed E-state index contributed by atoms with van der Waals surface area (Å²) in [4.78, 5) is 0. The molecule has 1 aliphatic rings. The van der Waals surface area contributed by atoms with Crippen LogP contribution < -0.4 is 0 Å². The van der Waals surface area contributed by atoms with E-state index in [1.165, 1.54) is 33.4 Å². The van der Waals surface area contributed by atoms with Crippen LogP contribution in [0.25, 0.3) is 55.3 Å². The van der Waals surface area contributed by atoms with Gasteiger partial charge in [-0.25, -0.2) is 0 Å². The molecule has 0 saturated heterocycles. The zero-order valence-electron chi connectivity index (χ0n) is 24.1. The van der Waals surface area contributed by atoms with Crippen LogP contribution in [-0.4, -0.2) is 0 Å². The van der Waals surface area contributed by atoms with Crippen molar-refractivity contribution in [3.8, 4) is 33.4 Å². The third-order valence-corrected chi connectivity index (χ3v) is 9.40. The van der Waals surface area contributed by atoms with Crippen molar-refractivity contribution >= 4 is 21.9 Å². The van der Waals surface area contributed by atoms with E-state index in [9.17, 15) is 0 Å². The molecule has 206 valence electrons. The maximum atomic E-state index is 6.74. The second-order valence-electron chi connectivity index (χ2n) is 11.6. The fourth-order valence-corrected chi connectivity index (χ4v) is 7.50. The number of hydrogen-bond donors (Lipinski definition) is 0. The van der Waals surface area contributed by atoms with Crippen LogP contribution in [-0.2, 0) is 5.41 Å². The van der Waals surface area contributed by atoms with Gasteiger partial charge in [-0.1, -0.05) is 170 Å².